The van der Waals surface area contributed by atoms with Crippen molar-refractivity contribution in [1.29, 1.82) is 5.26 Å². The van der Waals surface area contributed by atoms with Crippen LogP contribution < -0.4 is 0 Å². The molecule has 5 heteroatoms. The Morgan fingerprint density at radius 2 is 1.36 bits per heavy atom. The van der Waals surface area contributed by atoms with E-state index in [4.69, 9.17) is 10.00 Å². The van der Waals surface area contributed by atoms with Crippen LogP contribution in [-0.2, 0) is 9.53 Å². The third kappa shape index (κ3) is 4.18. The molecule has 0 spiro atoms. The first-order valence-electron chi connectivity index (χ1n) is 7.73. The van der Waals surface area contributed by atoms with Gasteiger partial charge in [-0.05, 0) is 0 Å². The number of Topliss-reactive ketones (excluding diaryl/α,β-unsaturated/α-hetero) is 2. The Morgan fingerprint density at radius 1 is 0.920 bits per heavy atom. The van der Waals surface area contributed by atoms with Crippen molar-refractivity contribution in [2.45, 2.75) is 6.42 Å². The SMILES string of the molecule is COC(=O)[C@@H](CC#N)C(C(=O)c1ccccc1)C(=O)c1ccccc1. The molecule has 0 radical (unpaired) electrons. The number of esters is 1. The second kappa shape index (κ2) is 8.55. The molecule has 1 atom stereocenters. The second-order valence-corrected chi connectivity index (χ2v) is 5.43. The van der Waals surface area contributed by atoms with Crippen molar-refractivity contribution in [2.75, 3.05) is 7.11 Å². The van der Waals surface area contributed by atoms with E-state index >= 15 is 0 Å². The number of rotatable bonds is 7. The third-order valence-electron chi connectivity index (χ3n) is 3.90. The van der Waals surface area contributed by atoms with E-state index in [-0.39, 0.29) is 6.42 Å². The topological polar surface area (TPSA) is 84.2 Å². The first kappa shape index (κ1) is 18.1. The van der Waals surface area contributed by atoms with Gasteiger partial charge in [0.2, 0.25) is 0 Å². The summed E-state index contributed by atoms with van der Waals surface area (Å²) >= 11 is 0. The third-order valence-corrected chi connectivity index (χ3v) is 3.90. The summed E-state index contributed by atoms with van der Waals surface area (Å²) in [5, 5.41) is 9.05. The van der Waals surface area contributed by atoms with Crippen molar-refractivity contribution >= 4 is 17.5 Å². The van der Waals surface area contributed by atoms with Crippen LogP contribution in [0.25, 0.3) is 0 Å². The smallest absolute Gasteiger partial charge is 0.310 e. The lowest BCUT2D eigenvalue weighted by molar-refractivity contribution is -0.146. The Hall–Kier alpha value is -3.26. The highest BCUT2D eigenvalue weighted by Crippen LogP contribution is 2.26. The Morgan fingerprint density at radius 3 is 1.72 bits per heavy atom. The molecule has 0 aromatic heterocycles. The van der Waals surface area contributed by atoms with Gasteiger partial charge in [0.1, 0.15) is 0 Å². The summed E-state index contributed by atoms with van der Waals surface area (Å²) in [6.07, 6.45) is -0.283. The second-order valence-electron chi connectivity index (χ2n) is 5.43. The van der Waals surface area contributed by atoms with Gasteiger partial charge in [0.05, 0.1) is 25.0 Å². The average Bonchev–Trinajstić information content (AvgIpc) is 2.68. The van der Waals surface area contributed by atoms with Gasteiger partial charge in [0, 0.05) is 17.5 Å². The first-order chi connectivity index (χ1) is 12.1. The maximum absolute atomic E-state index is 13.0. The fraction of sp³-hybridized carbons (Fsp3) is 0.200. The molecule has 2 aromatic carbocycles. The zero-order valence-electron chi connectivity index (χ0n) is 13.7. The van der Waals surface area contributed by atoms with Crippen LogP contribution in [0.5, 0.6) is 0 Å². The van der Waals surface area contributed by atoms with Crippen LogP contribution in [-0.4, -0.2) is 24.6 Å². The number of nitriles is 1. The number of ketones is 2. The average molecular weight is 335 g/mol. The van der Waals surface area contributed by atoms with E-state index < -0.39 is 29.4 Å². The highest BCUT2D eigenvalue weighted by Gasteiger charge is 2.40. The molecular formula is C20H17NO4. The van der Waals surface area contributed by atoms with Crippen LogP contribution in [0, 0.1) is 23.2 Å². The van der Waals surface area contributed by atoms with Crippen LogP contribution in [0.1, 0.15) is 27.1 Å². The van der Waals surface area contributed by atoms with Crippen LogP contribution in [0.4, 0.5) is 0 Å². The lowest BCUT2D eigenvalue weighted by Crippen LogP contribution is -2.36. The van der Waals surface area contributed by atoms with Gasteiger partial charge in [-0.1, -0.05) is 60.7 Å². The van der Waals surface area contributed by atoms with Gasteiger partial charge >= 0.3 is 5.97 Å². The van der Waals surface area contributed by atoms with E-state index in [0.29, 0.717) is 11.1 Å². The van der Waals surface area contributed by atoms with Gasteiger partial charge in [-0.3, -0.25) is 14.4 Å². The van der Waals surface area contributed by atoms with Crippen molar-refractivity contribution in [3.63, 3.8) is 0 Å². The number of hydrogen-bond acceptors (Lipinski definition) is 5. The quantitative estimate of drug-likeness (QED) is 0.441. The predicted octanol–water partition coefficient (Wildman–Crippen LogP) is 3.07. The first-order valence-corrected chi connectivity index (χ1v) is 7.73. The van der Waals surface area contributed by atoms with E-state index in [2.05, 4.69) is 0 Å². The van der Waals surface area contributed by atoms with Crippen molar-refractivity contribution in [3.05, 3.63) is 71.8 Å². The van der Waals surface area contributed by atoms with Gasteiger partial charge < -0.3 is 4.74 Å². The molecule has 25 heavy (non-hydrogen) atoms. The van der Waals surface area contributed by atoms with Crippen molar-refractivity contribution in [1.82, 2.24) is 0 Å². The van der Waals surface area contributed by atoms with E-state index in [1.54, 1.807) is 60.7 Å². The molecule has 0 bridgehead atoms. The fourth-order valence-electron chi connectivity index (χ4n) is 2.64. The summed E-state index contributed by atoms with van der Waals surface area (Å²) in [6.45, 7) is 0. The van der Waals surface area contributed by atoms with E-state index in [1.807, 2.05) is 6.07 Å². The molecule has 0 saturated heterocycles. The maximum Gasteiger partial charge on any atom is 0.310 e. The standard InChI is InChI=1S/C20H17NO4/c1-25-20(24)16(12-13-21)17(18(22)14-8-4-2-5-9-14)19(23)15-10-6-3-7-11-15/h2-11,16-17H,12H2,1H3/t16-/m0/s1. The minimum Gasteiger partial charge on any atom is -0.469 e. The van der Waals surface area contributed by atoms with E-state index in [1.165, 1.54) is 7.11 Å². The molecule has 2 aromatic rings. The number of hydrogen-bond donors (Lipinski definition) is 0. The molecule has 0 fully saturated rings. The largest absolute Gasteiger partial charge is 0.469 e. The fourth-order valence-corrected chi connectivity index (χ4v) is 2.64. The van der Waals surface area contributed by atoms with E-state index in [9.17, 15) is 14.4 Å². The summed E-state index contributed by atoms with van der Waals surface area (Å²) in [7, 11) is 1.17. The summed E-state index contributed by atoms with van der Waals surface area (Å²) in [6, 6.07) is 18.4. The summed E-state index contributed by atoms with van der Waals surface area (Å²) in [4.78, 5) is 38.1. The Balaban J connectivity index is 2.50. The van der Waals surface area contributed by atoms with Gasteiger partial charge in [0.25, 0.3) is 0 Å². The molecule has 0 aliphatic rings. The zero-order valence-corrected chi connectivity index (χ0v) is 13.7. The summed E-state index contributed by atoms with van der Waals surface area (Å²) < 4.78 is 4.72. The normalized spacial score (nSPS) is 11.4. The Bertz CT molecular complexity index is 742. The number of carbonyl (C=O) groups excluding carboxylic acids is 3. The molecule has 0 aliphatic carbocycles. The lowest BCUT2D eigenvalue weighted by Gasteiger charge is -2.21. The van der Waals surface area contributed by atoms with Crippen molar-refractivity contribution in [2.24, 2.45) is 11.8 Å². The molecule has 0 amide bonds. The summed E-state index contributed by atoms with van der Waals surface area (Å²) in [5.41, 5.74) is 0.618. The number of nitrogens with zero attached hydrogens (tertiary/aromatic N) is 1. The Kier molecular flexibility index (Phi) is 6.19. The van der Waals surface area contributed by atoms with Crippen LogP contribution in [0.3, 0.4) is 0 Å². The summed E-state index contributed by atoms with van der Waals surface area (Å²) in [5.74, 6) is -4.22. The lowest BCUT2D eigenvalue weighted by atomic mass is 9.79. The van der Waals surface area contributed by atoms with Crippen LogP contribution >= 0.6 is 0 Å². The molecule has 0 N–H and O–H groups in total. The molecule has 0 saturated carbocycles. The minimum absolute atomic E-state index is 0.283. The molecule has 0 unspecified atom stereocenters. The van der Waals surface area contributed by atoms with Crippen molar-refractivity contribution in [3.8, 4) is 6.07 Å². The Labute approximate surface area is 145 Å². The molecule has 126 valence electrons. The molecular weight excluding hydrogens is 318 g/mol. The van der Waals surface area contributed by atoms with Gasteiger partial charge in [-0.2, -0.15) is 5.26 Å². The van der Waals surface area contributed by atoms with Gasteiger partial charge in [0.15, 0.2) is 11.6 Å². The minimum atomic E-state index is -1.31. The van der Waals surface area contributed by atoms with Gasteiger partial charge in [-0.25, -0.2) is 0 Å². The van der Waals surface area contributed by atoms with E-state index in [0.717, 1.165) is 0 Å². The monoisotopic (exact) mass is 335 g/mol. The van der Waals surface area contributed by atoms with Crippen LogP contribution in [0.2, 0.25) is 0 Å². The highest BCUT2D eigenvalue weighted by molar-refractivity contribution is 6.17. The zero-order chi connectivity index (χ0) is 18.2. The van der Waals surface area contributed by atoms with Gasteiger partial charge in [-0.15, -0.1) is 0 Å². The highest BCUT2D eigenvalue weighted by atomic mass is 16.5. The molecule has 0 heterocycles. The number of methoxy groups -OCH3 is 1. The number of benzene rings is 2. The van der Waals surface area contributed by atoms with Crippen LogP contribution in [0.15, 0.2) is 60.7 Å². The molecule has 5 nitrogen and oxygen atoms in total. The number of carbonyl (C=O) groups is 3. The molecule has 2 rings (SSSR count). The molecule has 0 aliphatic heterocycles. The predicted molar refractivity (Wildman–Crippen MR) is 90.8 cm³/mol. The number of ether oxygens (including phenoxy) is 1. The maximum atomic E-state index is 13.0. The van der Waals surface area contributed by atoms with Crippen molar-refractivity contribution < 1.29 is 19.1 Å².